The van der Waals surface area contributed by atoms with E-state index in [9.17, 15) is 0 Å². The smallest absolute Gasteiger partial charge is 0.0593 e. The second-order valence-electron chi connectivity index (χ2n) is 6.80. The van der Waals surface area contributed by atoms with Crippen LogP contribution in [0.5, 0.6) is 0 Å². The van der Waals surface area contributed by atoms with E-state index in [2.05, 4.69) is 25.7 Å². The van der Waals surface area contributed by atoms with E-state index in [1.807, 2.05) is 0 Å². The van der Waals surface area contributed by atoms with Gasteiger partial charge >= 0.3 is 0 Å². The van der Waals surface area contributed by atoms with Gasteiger partial charge in [0.25, 0.3) is 0 Å². The van der Waals surface area contributed by atoms with E-state index in [0.29, 0.717) is 5.92 Å². The van der Waals surface area contributed by atoms with Gasteiger partial charge in [0.15, 0.2) is 0 Å². The fourth-order valence-electron chi connectivity index (χ4n) is 3.39. The highest BCUT2D eigenvalue weighted by molar-refractivity contribution is 4.93. The highest BCUT2D eigenvalue weighted by Crippen LogP contribution is 2.32. The zero-order valence-corrected chi connectivity index (χ0v) is 14.0. The SMILES string of the molecule is CCCN(CCOCC(C)C)C1(CN)CCCCCC1. The summed E-state index contributed by atoms with van der Waals surface area (Å²) in [5.74, 6) is 0.621. The lowest BCUT2D eigenvalue weighted by molar-refractivity contribution is 0.0292. The van der Waals surface area contributed by atoms with Crippen molar-refractivity contribution in [3.63, 3.8) is 0 Å². The summed E-state index contributed by atoms with van der Waals surface area (Å²) in [6, 6.07) is 0. The number of rotatable bonds is 9. The number of ether oxygens (including phenoxy) is 1. The number of hydrogen-bond acceptors (Lipinski definition) is 3. The van der Waals surface area contributed by atoms with Crippen LogP contribution in [-0.2, 0) is 4.74 Å². The molecule has 20 heavy (non-hydrogen) atoms. The molecular formula is C17H36N2O. The lowest BCUT2D eigenvalue weighted by Crippen LogP contribution is -2.55. The third kappa shape index (κ3) is 5.71. The average molecular weight is 284 g/mol. The van der Waals surface area contributed by atoms with Gasteiger partial charge in [0, 0.05) is 25.2 Å². The Hall–Kier alpha value is -0.120. The van der Waals surface area contributed by atoms with Gasteiger partial charge in [-0.3, -0.25) is 4.90 Å². The molecule has 120 valence electrons. The molecule has 0 aromatic heterocycles. The predicted molar refractivity (Wildman–Crippen MR) is 87.0 cm³/mol. The van der Waals surface area contributed by atoms with Crippen molar-refractivity contribution < 1.29 is 4.74 Å². The van der Waals surface area contributed by atoms with Crippen molar-refractivity contribution in [2.24, 2.45) is 11.7 Å². The molecule has 1 saturated carbocycles. The van der Waals surface area contributed by atoms with Crippen LogP contribution >= 0.6 is 0 Å². The van der Waals surface area contributed by atoms with Crippen LogP contribution in [0.4, 0.5) is 0 Å². The van der Waals surface area contributed by atoms with Crippen molar-refractivity contribution in [3.05, 3.63) is 0 Å². The van der Waals surface area contributed by atoms with Crippen molar-refractivity contribution in [2.45, 2.75) is 71.3 Å². The molecule has 3 nitrogen and oxygen atoms in total. The average Bonchev–Trinajstić information content (AvgIpc) is 2.68. The summed E-state index contributed by atoms with van der Waals surface area (Å²) in [4.78, 5) is 2.64. The summed E-state index contributed by atoms with van der Waals surface area (Å²) in [7, 11) is 0. The van der Waals surface area contributed by atoms with E-state index in [4.69, 9.17) is 10.5 Å². The minimum atomic E-state index is 0.244. The van der Waals surface area contributed by atoms with Gasteiger partial charge in [-0.1, -0.05) is 46.5 Å². The van der Waals surface area contributed by atoms with Crippen molar-refractivity contribution in [1.82, 2.24) is 4.90 Å². The molecule has 2 N–H and O–H groups in total. The molecule has 0 unspecified atom stereocenters. The van der Waals surface area contributed by atoms with Crippen molar-refractivity contribution in [2.75, 3.05) is 32.8 Å². The first-order valence-corrected chi connectivity index (χ1v) is 8.67. The van der Waals surface area contributed by atoms with Crippen LogP contribution in [0, 0.1) is 5.92 Å². The number of nitrogens with two attached hydrogens (primary N) is 1. The Morgan fingerprint density at radius 2 is 1.75 bits per heavy atom. The topological polar surface area (TPSA) is 38.5 Å². The van der Waals surface area contributed by atoms with Crippen LogP contribution in [-0.4, -0.2) is 43.3 Å². The number of hydrogen-bond donors (Lipinski definition) is 1. The minimum absolute atomic E-state index is 0.244. The number of nitrogens with zero attached hydrogens (tertiary/aromatic N) is 1. The fraction of sp³-hybridized carbons (Fsp3) is 1.00. The third-order valence-electron chi connectivity index (χ3n) is 4.54. The van der Waals surface area contributed by atoms with Gasteiger partial charge in [0.05, 0.1) is 6.61 Å². The lowest BCUT2D eigenvalue weighted by Gasteiger charge is -2.43. The molecule has 1 aliphatic rings. The molecule has 0 saturated heterocycles. The van der Waals surface area contributed by atoms with E-state index in [0.717, 1.165) is 32.8 Å². The Balaban J connectivity index is 2.55. The highest BCUT2D eigenvalue weighted by Gasteiger charge is 2.34. The molecule has 0 aromatic carbocycles. The van der Waals surface area contributed by atoms with Crippen molar-refractivity contribution in [3.8, 4) is 0 Å². The lowest BCUT2D eigenvalue weighted by atomic mass is 9.88. The summed E-state index contributed by atoms with van der Waals surface area (Å²) < 4.78 is 5.80. The molecule has 0 spiro atoms. The van der Waals surface area contributed by atoms with E-state index in [-0.39, 0.29) is 5.54 Å². The molecule has 0 aliphatic heterocycles. The highest BCUT2D eigenvalue weighted by atomic mass is 16.5. The molecular weight excluding hydrogens is 248 g/mol. The molecule has 1 fully saturated rings. The summed E-state index contributed by atoms with van der Waals surface area (Å²) in [6.45, 7) is 11.4. The minimum Gasteiger partial charge on any atom is -0.380 e. The van der Waals surface area contributed by atoms with E-state index in [1.165, 1.54) is 44.9 Å². The second-order valence-corrected chi connectivity index (χ2v) is 6.80. The summed E-state index contributed by atoms with van der Waals surface area (Å²) in [5, 5.41) is 0. The molecule has 1 aliphatic carbocycles. The molecule has 0 radical (unpaired) electrons. The normalized spacial score (nSPS) is 19.5. The zero-order valence-electron chi connectivity index (χ0n) is 14.0. The van der Waals surface area contributed by atoms with E-state index >= 15 is 0 Å². The first kappa shape index (κ1) is 17.9. The summed E-state index contributed by atoms with van der Waals surface area (Å²) in [6.07, 6.45) is 9.18. The Bertz CT molecular complexity index is 235. The van der Waals surface area contributed by atoms with Gasteiger partial charge in [-0.2, -0.15) is 0 Å². The fourth-order valence-corrected chi connectivity index (χ4v) is 3.39. The molecule has 0 atom stereocenters. The molecule has 0 amide bonds. The molecule has 1 rings (SSSR count). The van der Waals surface area contributed by atoms with Crippen LogP contribution in [0.2, 0.25) is 0 Å². The maximum Gasteiger partial charge on any atom is 0.0593 e. The monoisotopic (exact) mass is 284 g/mol. The first-order chi connectivity index (χ1) is 9.64. The molecule has 0 aromatic rings. The van der Waals surface area contributed by atoms with E-state index in [1.54, 1.807) is 0 Å². The Labute approximate surface area is 126 Å². The van der Waals surface area contributed by atoms with Crippen LogP contribution in [0.15, 0.2) is 0 Å². The molecule has 3 heteroatoms. The van der Waals surface area contributed by atoms with Gasteiger partial charge in [-0.05, 0) is 31.7 Å². The maximum absolute atomic E-state index is 6.21. The second kappa shape index (κ2) is 9.75. The quantitative estimate of drug-likeness (QED) is 0.521. The van der Waals surface area contributed by atoms with E-state index < -0.39 is 0 Å². The van der Waals surface area contributed by atoms with Gasteiger partial charge in [-0.25, -0.2) is 0 Å². The first-order valence-electron chi connectivity index (χ1n) is 8.67. The maximum atomic E-state index is 6.21. The Kier molecular flexibility index (Phi) is 8.74. The summed E-state index contributed by atoms with van der Waals surface area (Å²) in [5.41, 5.74) is 6.45. The van der Waals surface area contributed by atoms with Crippen LogP contribution < -0.4 is 5.73 Å². The van der Waals surface area contributed by atoms with Gasteiger partial charge in [0.1, 0.15) is 0 Å². The largest absolute Gasteiger partial charge is 0.380 e. The van der Waals surface area contributed by atoms with Gasteiger partial charge < -0.3 is 10.5 Å². The standard InChI is InChI=1S/C17H36N2O/c1-4-11-19(12-13-20-14-16(2)3)17(15-18)9-7-5-6-8-10-17/h16H,4-15,18H2,1-3H3. The Morgan fingerprint density at radius 3 is 2.25 bits per heavy atom. The van der Waals surface area contributed by atoms with Crippen molar-refractivity contribution >= 4 is 0 Å². The Morgan fingerprint density at radius 1 is 1.10 bits per heavy atom. The molecule has 0 heterocycles. The summed E-state index contributed by atoms with van der Waals surface area (Å²) >= 11 is 0. The van der Waals surface area contributed by atoms with Gasteiger partial charge in [-0.15, -0.1) is 0 Å². The predicted octanol–water partition coefficient (Wildman–Crippen LogP) is 3.42. The third-order valence-corrected chi connectivity index (χ3v) is 4.54. The van der Waals surface area contributed by atoms with Crippen molar-refractivity contribution in [1.29, 1.82) is 0 Å². The zero-order chi connectivity index (χ0) is 14.8. The molecule has 0 bridgehead atoms. The van der Waals surface area contributed by atoms with Crippen LogP contribution in [0.3, 0.4) is 0 Å². The van der Waals surface area contributed by atoms with Gasteiger partial charge in [0.2, 0.25) is 0 Å². The van der Waals surface area contributed by atoms with Crippen LogP contribution in [0.25, 0.3) is 0 Å². The van der Waals surface area contributed by atoms with Crippen LogP contribution in [0.1, 0.15) is 65.7 Å².